The topological polar surface area (TPSA) is 21.1 Å². The molecule has 0 saturated carbocycles. The first kappa shape index (κ1) is 11.0. The summed E-state index contributed by atoms with van der Waals surface area (Å²) in [5, 5.41) is 4.27. The van der Waals surface area contributed by atoms with Crippen LogP contribution in [-0.4, -0.2) is 45.8 Å². The normalized spacial score (nSPS) is 20.3. The molecule has 1 aliphatic heterocycles. The molecule has 4 heteroatoms. The minimum absolute atomic E-state index is 0.523. The Labute approximate surface area is 95.8 Å². The summed E-state index contributed by atoms with van der Waals surface area (Å²) < 4.78 is 2.05. The zero-order valence-electron chi connectivity index (χ0n) is 9.30. The predicted octanol–water partition coefficient (Wildman–Crippen LogP) is 1.88. The highest BCUT2D eigenvalue weighted by atomic mass is 32.2. The lowest BCUT2D eigenvalue weighted by Crippen LogP contribution is -2.34. The molecular weight excluding hydrogens is 206 g/mol. The van der Waals surface area contributed by atoms with Crippen molar-refractivity contribution in [2.45, 2.75) is 19.4 Å². The van der Waals surface area contributed by atoms with Crippen LogP contribution >= 0.6 is 11.8 Å². The maximum absolute atomic E-state index is 4.27. The Morgan fingerprint density at radius 1 is 1.40 bits per heavy atom. The van der Waals surface area contributed by atoms with Crippen LogP contribution in [0, 0.1) is 0 Å². The summed E-state index contributed by atoms with van der Waals surface area (Å²) in [5.74, 6) is 2.60. The molecule has 1 aliphatic rings. The number of rotatable bonds is 4. The van der Waals surface area contributed by atoms with Crippen molar-refractivity contribution in [2.24, 2.45) is 0 Å². The molecule has 1 aromatic heterocycles. The standard InChI is InChI=1S/C11H19N3S/c1-11(14-5-2-4-12-14)3-6-13-7-9-15-10-8-13/h2,4-5,11H,3,6-10H2,1H3. The van der Waals surface area contributed by atoms with Gasteiger partial charge < -0.3 is 4.90 Å². The highest BCUT2D eigenvalue weighted by Crippen LogP contribution is 2.13. The zero-order valence-corrected chi connectivity index (χ0v) is 10.1. The molecule has 1 unspecified atom stereocenters. The summed E-state index contributed by atoms with van der Waals surface area (Å²) >= 11 is 2.07. The van der Waals surface area contributed by atoms with Crippen molar-refractivity contribution >= 4 is 11.8 Å². The number of nitrogens with zero attached hydrogens (tertiary/aromatic N) is 3. The third-order valence-corrected chi connectivity index (χ3v) is 3.89. The van der Waals surface area contributed by atoms with Gasteiger partial charge in [-0.3, -0.25) is 4.68 Å². The van der Waals surface area contributed by atoms with E-state index in [1.165, 1.54) is 37.6 Å². The fraction of sp³-hybridized carbons (Fsp3) is 0.727. The van der Waals surface area contributed by atoms with E-state index in [0.717, 1.165) is 0 Å². The highest BCUT2D eigenvalue weighted by molar-refractivity contribution is 7.99. The third-order valence-electron chi connectivity index (χ3n) is 2.94. The predicted molar refractivity (Wildman–Crippen MR) is 65.3 cm³/mol. The second-order valence-electron chi connectivity index (χ2n) is 4.08. The van der Waals surface area contributed by atoms with Gasteiger partial charge in [0.1, 0.15) is 0 Å². The maximum Gasteiger partial charge on any atom is 0.0503 e. The third kappa shape index (κ3) is 3.24. The molecule has 2 rings (SSSR count). The average molecular weight is 225 g/mol. The Morgan fingerprint density at radius 2 is 2.20 bits per heavy atom. The molecule has 1 fully saturated rings. The van der Waals surface area contributed by atoms with E-state index < -0.39 is 0 Å². The molecule has 1 saturated heterocycles. The fourth-order valence-electron chi connectivity index (χ4n) is 1.87. The number of thioether (sulfide) groups is 1. The van der Waals surface area contributed by atoms with Crippen LogP contribution in [0.3, 0.4) is 0 Å². The van der Waals surface area contributed by atoms with Gasteiger partial charge in [-0.25, -0.2) is 0 Å². The largest absolute Gasteiger partial charge is 0.302 e. The first-order valence-corrected chi connectivity index (χ1v) is 6.81. The van der Waals surface area contributed by atoms with Gasteiger partial charge in [-0.1, -0.05) is 0 Å². The first-order chi connectivity index (χ1) is 7.36. The van der Waals surface area contributed by atoms with Crippen LogP contribution in [-0.2, 0) is 0 Å². The molecule has 3 nitrogen and oxygen atoms in total. The smallest absolute Gasteiger partial charge is 0.0503 e. The van der Waals surface area contributed by atoms with Crippen LogP contribution in [0.1, 0.15) is 19.4 Å². The molecule has 0 bridgehead atoms. The lowest BCUT2D eigenvalue weighted by atomic mass is 10.2. The molecule has 2 heterocycles. The van der Waals surface area contributed by atoms with Gasteiger partial charge in [0.05, 0.1) is 6.04 Å². The van der Waals surface area contributed by atoms with Gasteiger partial charge in [0.15, 0.2) is 0 Å². The molecule has 0 amide bonds. The first-order valence-electron chi connectivity index (χ1n) is 5.65. The summed E-state index contributed by atoms with van der Waals surface area (Å²) in [5.41, 5.74) is 0. The highest BCUT2D eigenvalue weighted by Gasteiger charge is 2.12. The summed E-state index contributed by atoms with van der Waals surface area (Å²) in [6.45, 7) is 5.97. The Hall–Kier alpha value is -0.480. The van der Waals surface area contributed by atoms with Crippen molar-refractivity contribution < 1.29 is 0 Å². The van der Waals surface area contributed by atoms with Crippen LogP contribution in [0.25, 0.3) is 0 Å². The van der Waals surface area contributed by atoms with Gasteiger partial charge in [0, 0.05) is 43.5 Å². The Bertz CT molecular complexity index is 267. The molecule has 0 aromatic carbocycles. The Kier molecular flexibility index (Phi) is 4.09. The van der Waals surface area contributed by atoms with E-state index in [1.807, 2.05) is 12.3 Å². The quantitative estimate of drug-likeness (QED) is 0.781. The summed E-state index contributed by atoms with van der Waals surface area (Å²) in [4.78, 5) is 2.57. The lowest BCUT2D eigenvalue weighted by molar-refractivity contribution is 0.274. The second-order valence-corrected chi connectivity index (χ2v) is 5.30. The van der Waals surface area contributed by atoms with Gasteiger partial charge in [0.2, 0.25) is 0 Å². The number of aromatic nitrogens is 2. The van der Waals surface area contributed by atoms with E-state index in [2.05, 4.69) is 39.6 Å². The number of hydrogen-bond donors (Lipinski definition) is 0. The van der Waals surface area contributed by atoms with E-state index in [9.17, 15) is 0 Å². The van der Waals surface area contributed by atoms with E-state index >= 15 is 0 Å². The van der Waals surface area contributed by atoms with Crippen molar-refractivity contribution in [1.82, 2.24) is 14.7 Å². The summed E-state index contributed by atoms with van der Waals surface area (Å²) in [7, 11) is 0. The van der Waals surface area contributed by atoms with Crippen molar-refractivity contribution in [3.05, 3.63) is 18.5 Å². The lowest BCUT2D eigenvalue weighted by Gasteiger charge is -2.27. The van der Waals surface area contributed by atoms with Gasteiger partial charge in [0.25, 0.3) is 0 Å². The van der Waals surface area contributed by atoms with Crippen molar-refractivity contribution in [3.8, 4) is 0 Å². The van der Waals surface area contributed by atoms with E-state index in [4.69, 9.17) is 0 Å². The molecule has 84 valence electrons. The van der Waals surface area contributed by atoms with E-state index in [-0.39, 0.29) is 0 Å². The molecule has 0 radical (unpaired) electrons. The minimum atomic E-state index is 0.523. The van der Waals surface area contributed by atoms with Crippen LogP contribution in [0.15, 0.2) is 18.5 Å². The van der Waals surface area contributed by atoms with Crippen molar-refractivity contribution in [2.75, 3.05) is 31.1 Å². The van der Waals surface area contributed by atoms with E-state index in [0.29, 0.717) is 6.04 Å². The van der Waals surface area contributed by atoms with Crippen LogP contribution < -0.4 is 0 Å². The molecular formula is C11H19N3S. The van der Waals surface area contributed by atoms with Gasteiger partial charge in [-0.05, 0) is 19.4 Å². The zero-order chi connectivity index (χ0) is 10.5. The van der Waals surface area contributed by atoms with Crippen LogP contribution in [0.5, 0.6) is 0 Å². The van der Waals surface area contributed by atoms with E-state index in [1.54, 1.807) is 0 Å². The van der Waals surface area contributed by atoms with Gasteiger partial charge in [-0.15, -0.1) is 0 Å². The maximum atomic E-state index is 4.27. The molecule has 0 N–H and O–H groups in total. The average Bonchev–Trinajstić information content (AvgIpc) is 2.81. The van der Waals surface area contributed by atoms with Crippen molar-refractivity contribution in [3.63, 3.8) is 0 Å². The molecule has 0 spiro atoms. The van der Waals surface area contributed by atoms with Gasteiger partial charge in [-0.2, -0.15) is 16.9 Å². The summed E-state index contributed by atoms with van der Waals surface area (Å²) in [6, 6.07) is 2.52. The second kappa shape index (κ2) is 5.56. The monoisotopic (exact) mass is 225 g/mol. The molecule has 1 aromatic rings. The summed E-state index contributed by atoms with van der Waals surface area (Å²) in [6.07, 6.45) is 5.11. The molecule has 1 atom stereocenters. The number of hydrogen-bond acceptors (Lipinski definition) is 3. The minimum Gasteiger partial charge on any atom is -0.302 e. The Balaban J connectivity index is 1.73. The van der Waals surface area contributed by atoms with Crippen LogP contribution in [0.4, 0.5) is 0 Å². The molecule has 15 heavy (non-hydrogen) atoms. The van der Waals surface area contributed by atoms with Gasteiger partial charge >= 0.3 is 0 Å². The molecule has 0 aliphatic carbocycles. The van der Waals surface area contributed by atoms with Crippen LogP contribution in [0.2, 0.25) is 0 Å². The van der Waals surface area contributed by atoms with Crippen molar-refractivity contribution in [1.29, 1.82) is 0 Å². The Morgan fingerprint density at radius 3 is 2.87 bits per heavy atom. The SMILES string of the molecule is CC(CCN1CCSCC1)n1cccn1. The fourth-order valence-corrected chi connectivity index (χ4v) is 2.85.